The molecular weight excluding hydrogens is 346 g/mol. The number of non-ortho nitro benzene ring substituents is 1. The number of nitro benzene ring substituents is 1. The number of rotatable bonds is 8. The molecule has 0 aliphatic rings. The summed E-state index contributed by atoms with van der Waals surface area (Å²) in [4.78, 5) is 9.81. The maximum absolute atomic E-state index is 11.6. The largest absolute Gasteiger partial charge is 0.494 e. The minimum Gasteiger partial charge on any atom is -0.494 e. The number of benzene rings is 2. The lowest BCUT2D eigenvalue weighted by atomic mass is 10.2. The Hall–Kier alpha value is -2.65. The number of aryl methyl sites for hydroxylation is 1. The number of nitrogens with zero attached hydrogens (tertiary/aromatic N) is 1. The van der Waals surface area contributed by atoms with Gasteiger partial charge in [0.25, 0.3) is 5.69 Å². The maximum atomic E-state index is 11.6. The number of nitro groups is 1. The number of anilines is 1. The van der Waals surface area contributed by atoms with Crippen LogP contribution in [0.5, 0.6) is 5.75 Å². The molecule has 0 spiro atoms. The number of ether oxygens (including phenoxy) is 1. The quantitative estimate of drug-likeness (QED) is 0.420. The Bertz CT molecular complexity index is 868. The van der Waals surface area contributed by atoms with Crippen molar-refractivity contribution >= 4 is 21.4 Å². The molecule has 2 aromatic carbocycles. The average molecular weight is 365 g/mol. The van der Waals surface area contributed by atoms with Gasteiger partial charge >= 0.3 is 0 Å². The molecule has 3 N–H and O–H groups in total. The van der Waals surface area contributed by atoms with Crippen LogP contribution >= 0.6 is 0 Å². The highest BCUT2D eigenvalue weighted by Crippen LogP contribution is 2.25. The molecule has 0 heterocycles. The van der Waals surface area contributed by atoms with Gasteiger partial charge in [0.2, 0.25) is 10.0 Å². The second kappa shape index (κ2) is 7.95. The third-order valence-electron chi connectivity index (χ3n) is 3.38. The fourth-order valence-corrected chi connectivity index (χ4v) is 2.93. The smallest absolute Gasteiger partial charge is 0.270 e. The van der Waals surface area contributed by atoms with Crippen molar-refractivity contribution in [3.8, 4) is 5.75 Å². The van der Waals surface area contributed by atoms with Crippen molar-refractivity contribution in [2.45, 2.75) is 18.2 Å². The number of hydrogen-bond acceptors (Lipinski definition) is 6. The second-order valence-corrected chi connectivity index (χ2v) is 6.96. The maximum Gasteiger partial charge on any atom is 0.270 e. The van der Waals surface area contributed by atoms with Gasteiger partial charge in [0.1, 0.15) is 10.6 Å². The lowest BCUT2D eigenvalue weighted by Crippen LogP contribution is -2.16. The fourth-order valence-electron chi connectivity index (χ4n) is 2.20. The number of nitrogens with one attached hydrogen (secondary N) is 1. The first-order chi connectivity index (χ1) is 11.8. The van der Waals surface area contributed by atoms with Crippen LogP contribution in [0.4, 0.5) is 11.4 Å². The zero-order valence-corrected chi connectivity index (χ0v) is 14.5. The van der Waals surface area contributed by atoms with E-state index in [-0.39, 0.29) is 16.3 Å². The minimum absolute atomic E-state index is 0.226. The first-order valence-electron chi connectivity index (χ1n) is 7.52. The van der Waals surface area contributed by atoms with Gasteiger partial charge in [-0.1, -0.05) is 12.1 Å². The van der Waals surface area contributed by atoms with Gasteiger partial charge < -0.3 is 10.1 Å². The Morgan fingerprint density at radius 3 is 2.64 bits per heavy atom. The molecule has 0 aromatic heterocycles. The molecule has 0 aliphatic carbocycles. The molecule has 0 bridgehead atoms. The highest BCUT2D eigenvalue weighted by molar-refractivity contribution is 7.89. The van der Waals surface area contributed by atoms with Crippen molar-refractivity contribution in [3.63, 3.8) is 0 Å². The predicted octanol–water partition coefficient (Wildman–Crippen LogP) is 2.43. The van der Waals surface area contributed by atoms with Gasteiger partial charge in [-0.15, -0.1) is 0 Å². The topological polar surface area (TPSA) is 125 Å². The number of hydrogen-bond donors (Lipinski definition) is 2. The van der Waals surface area contributed by atoms with Crippen LogP contribution < -0.4 is 15.2 Å². The highest BCUT2D eigenvalue weighted by atomic mass is 32.2. The molecule has 9 heteroatoms. The molecule has 134 valence electrons. The van der Waals surface area contributed by atoms with Crippen LogP contribution in [0.15, 0.2) is 47.4 Å². The Morgan fingerprint density at radius 2 is 2.00 bits per heavy atom. The van der Waals surface area contributed by atoms with Crippen molar-refractivity contribution in [3.05, 3.63) is 58.1 Å². The van der Waals surface area contributed by atoms with E-state index < -0.39 is 14.9 Å². The Morgan fingerprint density at radius 1 is 1.24 bits per heavy atom. The number of sulfonamides is 1. The van der Waals surface area contributed by atoms with Gasteiger partial charge in [-0.3, -0.25) is 10.1 Å². The van der Waals surface area contributed by atoms with E-state index in [4.69, 9.17) is 9.88 Å². The van der Waals surface area contributed by atoms with E-state index in [0.29, 0.717) is 19.6 Å². The average Bonchev–Trinajstić information content (AvgIpc) is 2.53. The Labute approximate surface area is 145 Å². The summed E-state index contributed by atoms with van der Waals surface area (Å²) in [7, 11) is -4.08. The van der Waals surface area contributed by atoms with Gasteiger partial charge in [-0.05, 0) is 37.1 Å². The normalized spacial score (nSPS) is 11.1. The molecule has 0 atom stereocenters. The lowest BCUT2D eigenvalue weighted by molar-refractivity contribution is -0.385. The van der Waals surface area contributed by atoms with Crippen LogP contribution in [0.1, 0.15) is 12.0 Å². The molecule has 0 amide bonds. The zero-order valence-electron chi connectivity index (χ0n) is 13.6. The third kappa shape index (κ3) is 5.44. The van der Waals surface area contributed by atoms with Gasteiger partial charge in [0.05, 0.1) is 17.2 Å². The summed E-state index contributed by atoms with van der Waals surface area (Å²) in [5.41, 5.74) is 0.986. The Kier molecular flexibility index (Phi) is 5.94. The van der Waals surface area contributed by atoms with E-state index in [2.05, 4.69) is 5.32 Å². The van der Waals surface area contributed by atoms with Gasteiger partial charge in [0.15, 0.2) is 0 Å². The van der Waals surface area contributed by atoms with E-state index >= 15 is 0 Å². The number of primary sulfonamides is 1. The van der Waals surface area contributed by atoms with Gasteiger partial charge in [0, 0.05) is 18.7 Å². The van der Waals surface area contributed by atoms with E-state index in [1.54, 1.807) is 0 Å². The monoisotopic (exact) mass is 365 g/mol. The van der Waals surface area contributed by atoms with E-state index in [9.17, 15) is 18.5 Å². The van der Waals surface area contributed by atoms with Gasteiger partial charge in [-0.2, -0.15) is 0 Å². The second-order valence-electron chi connectivity index (χ2n) is 5.43. The Balaban J connectivity index is 1.95. The van der Waals surface area contributed by atoms with Crippen molar-refractivity contribution < 1.29 is 18.1 Å². The summed E-state index contributed by atoms with van der Waals surface area (Å²) >= 11 is 0. The van der Waals surface area contributed by atoms with Crippen LogP contribution in [0, 0.1) is 17.0 Å². The first kappa shape index (κ1) is 18.7. The fraction of sp³-hybridized carbons (Fsp3) is 0.250. The van der Waals surface area contributed by atoms with Crippen LogP contribution in [-0.4, -0.2) is 26.5 Å². The zero-order chi connectivity index (χ0) is 18.4. The lowest BCUT2D eigenvalue weighted by Gasteiger charge is -2.11. The first-order valence-corrected chi connectivity index (χ1v) is 9.06. The molecule has 8 nitrogen and oxygen atoms in total. The van der Waals surface area contributed by atoms with Crippen molar-refractivity contribution in [2.24, 2.45) is 5.14 Å². The molecule has 0 saturated heterocycles. The third-order valence-corrected chi connectivity index (χ3v) is 4.33. The molecule has 25 heavy (non-hydrogen) atoms. The minimum atomic E-state index is -4.08. The van der Waals surface area contributed by atoms with Crippen LogP contribution in [-0.2, 0) is 10.0 Å². The van der Waals surface area contributed by atoms with Crippen LogP contribution in [0.25, 0.3) is 0 Å². The number of nitrogens with two attached hydrogens (primary N) is 1. The van der Waals surface area contributed by atoms with E-state index in [1.807, 2.05) is 31.2 Å². The van der Waals surface area contributed by atoms with E-state index in [1.165, 1.54) is 12.1 Å². The SMILES string of the molecule is Cc1cccc(OCCCNc2ccc([N+](=O)[O-])cc2S(N)(=O)=O)c1. The standard InChI is InChI=1S/C16H19N3O5S/c1-12-4-2-5-14(10-12)24-9-3-8-18-15-7-6-13(19(20)21)11-16(15)25(17,22)23/h2,4-7,10-11,18H,3,8-9H2,1H3,(H2,17,22,23). The molecular formula is C16H19N3O5S. The molecule has 0 fully saturated rings. The molecule has 0 aliphatic heterocycles. The van der Waals surface area contributed by atoms with Crippen LogP contribution in [0.2, 0.25) is 0 Å². The van der Waals surface area contributed by atoms with Gasteiger partial charge in [-0.25, -0.2) is 13.6 Å². The summed E-state index contributed by atoms with van der Waals surface area (Å²) in [6.07, 6.45) is 0.606. The van der Waals surface area contributed by atoms with Crippen molar-refractivity contribution in [1.29, 1.82) is 0 Å². The molecule has 0 unspecified atom stereocenters. The molecule has 2 aromatic rings. The molecule has 0 saturated carbocycles. The summed E-state index contributed by atoms with van der Waals surface area (Å²) < 4.78 is 28.9. The summed E-state index contributed by atoms with van der Waals surface area (Å²) in [6, 6.07) is 11.1. The summed E-state index contributed by atoms with van der Waals surface area (Å²) in [5, 5.41) is 18.8. The predicted molar refractivity (Wildman–Crippen MR) is 94.3 cm³/mol. The van der Waals surface area contributed by atoms with Crippen LogP contribution in [0.3, 0.4) is 0 Å². The summed E-state index contributed by atoms with van der Waals surface area (Å²) in [6.45, 7) is 2.83. The highest BCUT2D eigenvalue weighted by Gasteiger charge is 2.18. The van der Waals surface area contributed by atoms with Crippen molar-refractivity contribution in [1.82, 2.24) is 0 Å². The van der Waals surface area contributed by atoms with E-state index in [0.717, 1.165) is 17.4 Å². The van der Waals surface area contributed by atoms with Crippen molar-refractivity contribution in [2.75, 3.05) is 18.5 Å². The molecule has 2 rings (SSSR count). The summed E-state index contributed by atoms with van der Waals surface area (Å²) in [5.74, 6) is 0.764. The molecule has 0 radical (unpaired) electrons.